The summed E-state index contributed by atoms with van der Waals surface area (Å²) in [5, 5.41) is 3.28. The molecule has 0 unspecified atom stereocenters. The number of ether oxygens (including phenoxy) is 1. The van der Waals surface area contributed by atoms with Crippen LogP contribution in [0.15, 0.2) is 42.9 Å². The molecule has 0 spiro atoms. The van der Waals surface area contributed by atoms with Crippen LogP contribution >= 0.6 is 0 Å². The summed E-state index contributed by atoms with van der Waals surface area (Å²) in [6.45, 7) is 1.78. The van der Waals surface area contributed by atoms with Crippen LogP contribution < -0.4 is 10.1 Å². The predicted octanol–water partition coefficient (Wildman–Crippen LogP) is 2.46. The standard InChI is InChI=1S/C16H15N3O2/c20-10-12-1-3-14(4-2-12)21-16-15(9-18-11-19-16)13-5-7-17-8-6-13/h1-5,9-11,17H,6-8H2. The molecule has 0 radical (unpaired) electrons. The first-order valence-electron chi connectivity index (χ1n) is 6.80. The highest BCUT2D eigenvalue weighted by molar-refractivity contribution is 5.75. The zero-order valence-electron chi connectivity index (χ0n) is 11.5. The Kier molecular flexibility index (Phi) is 4.02. The van der Waals surface area contributed by atoms with Gasteiger partial charge in [0.05, 0.1) is 5.56 Å². The summed E-state index contributed by atoms with van der Waals surface area (Å²) in [5.74, 6) is 1.19. The largest absolute Gasteiger partial charge is 0.438 e. The number of aromatic nitrogens is 2. The first-order chi connectivity index (χ1) is 10.4. The van der Waals surface area contributed by atoms with Crippen LogP contribution in [0.4, 0.5) is 0 Å². The summed E-state index contributed by atoms with van der Waals surface area (Å²) in [7, 11) is 0. The molecule has 0 saturated carbocycles. The SMILES string of the molecule is O=Cc1ccc(Oc2ncncc2C2=CCNCC2)cc1. The molecule has 5 nitrogen and oxygen atoms in total. The maximum absolute atomic E-state index is 10.7. The highest BCUT2D eigenvalue weighted by atomic mass is 16.5. The Morgan fingerprint density at radius 2 is 2.10 bits per heavy atom. The van der Waals surface area contributed by atoms with Crippen LogP contribution in [-0.2, 0) is 0 Å². The molecule has 0 amide bonds. The van der Waals surface area contributed by atoms with Gasteiger partial charge in [-0.1, -0.05) is 6.08 Å². The van der Waals surface area contributed by atoms with Crippen LogP contribution in [0.3, 0.4) is 0 Å². The average Bonchev–Trinajstić information content (AvgIpc) is 2.57. The molecular formula is C16H15N3O2. The Balaban J connectivity index is 1.87. The van der Waals surface area contributed by atoms with E-state index in [9.17, 15) is 4.79 Å². The van der Waals surface area contributed by atoms with Gasteiger partial charge >= 0.3 is 0 Å². The maximum Gasteiger partial charge on any atom is 0.229 e. The van der Waals surface area contributed by atoms with Gasteiger partial charge in [0, 0.05) is 18.3 Å². The van der Waals surface area contributed by atoms with Gasteiger partial charge in [-0.3, -0.25) is 4.79 Å². The van der Waals surface area contributed by atoms with Crippen LogP contribution in [0.5, 0.6) is 11.6 Å². The molecule has 106 valence electrons. The minimum Gasteiger partial charge on any atom is -0.438 e. The fourth-order valence-corrected chi connectivity index (χ4v) is 2.21. The number of carbonyl (C=O) groups excluding carboxylic acids is 1. The van der Waals surface area contributed by atoms with E-state index in [4.69, 9.17) is 4.74 Å². The number of rotatable bonds is 4. The molecule has 21 heavy (non-hydrogen) atoms. The van der Waals surface area contributed by atoms with Gasteiger partial charge in [0.25, 0.3) is 0 Å². The van der Waals surface area contributed by atoms with Crippen LogP contribution in [0.2, 0.25) is 0 Å². The highest BCUT2D eigenvalue weighted by Gasteiger charge is 2.13. The van der Waals surface area contributed by atoms with Gasteiger partial charge in [0.15, 0.2) is 0 Å². The third kappa shape index (κ3) is 3.14. The smallest absolute Gasteiger partial charge is 0.229 e. The van der Waals surface area contributed by atoms with Crippen molar-refractivity contribution < 1.29 is 9.53 Å². The summed E-state index contributed by atoms with van der Waals surface area (Å²) >= 11 is 0. The van der Waals surface area contributed by atoms with Gasteiger partial charge < -0.3 is 10.1 Å². The molecule has 0 bridgehead atoms. The number of hydrogen-bond acceptors (Lipinski definition) is 5. The minimum atomic E-state index is 0.539. The monoisotopic (exact) mass is 281 g/mol. The molecule has 0 aliphatic carbocycles. The van der Waals surface area contributed by atoms with Crippen molar-refractivity contribution in [3.05, 3.63) is 54.0 Å². The van der Waals surface area contributed by atoms with E-state index < -0.39 is 0 Å². The zero-order valence-corrected chi connectivity index (χ0v) is 11.5. The minimum absolute atomic E-state index is 0.539. The Morgan fingerprint density at radius 1 is 1.24 bits per heavy atom. The lowest BCUT2D eigenvalue weighted by Gasteiger charge is -2.16. The molecule has 1 aliphatic rings. The normalized spacial score (nSPS) is 14.4. The summed E-state index contributed by atoms with van der Waals surface area (Å²) < 4.78 is 5.83. The quantitative estimate of drug-likeness (QED) is 0.872. The second kappa shape index (κ2) is 6.28. The summed E-state index contributed by atoms with van der Waals surface area (Å²) in [6.07, 6.45) is 7.11. The Bertz CT molecular complexity index is 665. The van der Waals surface area contributed by atoms with E-state index in [2.05, 4.69) is 21.4 Å². The molecule has 1 aromatic carbocycles. The molecule has 1 aliphatic heterocycles. The zero-order chi connectivity index (χ0) is 14.5. The van der Waals surface area contributed by atoms with Crippen LogP contribution in [0.25, 0.3) is 5.57 Å². The molecule has 2 aromatic rings. The number of nitrogens with one attached hydrogen (secondary N) is 1. The van der Waals surface area contributed by atoms with Crippen molar-refractivity contribution in [3.8, 4) is 11.6 Å². The van der Waals surface area contributed by atoms with Gasteiger partial charge in [-0.15, -0.1) is 0 Å². The lowest BCUT2D eigenvalue weighted by atomic mass is 10.0. The van der Waals surface area contributed by atoms with E-state index in [1.54, 1.807) is 30.5 Å². The third-order valence-corrected chi connectivity index (χ3v) is 3.32. The van der Waals surface area contributed by atoms with Gasteiger partial charge in [0.2, 0.25) is 5.88 Å². The lowest BCUT2D eigenvalue weighted by molar-refractivity contribution is 0.112. The van der Waals surface area contributed by atoms with Gasteiger partial charge in [-0.2, -0.15) is 0 Å². The molecule has 1 aromatic heterocycles. The molecule has 2 heterocycles. The molecular weight excluding hydrogens is 266 g/mol. The number of hydrogen-bond donors (Lipinski definition) is 1. The molecule has 5 heteroatoms. The van der Waals surface area contributed by atoms with Crippen molar-refractivity contribution in [2.45, 2.75) is 6.42 Å². The fraction of sp³-hybridized carbons (Fsp3) is 0.188. The van der Waals surface area contributed by atoms with Crippen molar-refractivity contribution in [1.29, 1.82) is 0 Å². The number of nitrogens with zero attached hydrogens (tertiary/aromatic N) is 2. The predicted molar refractivity (Wildman–Crippen MR) is 79.4 cm³/mol. The second-order valence-corrected chi connectivity index (χ2v) is 4.71. The first-order valence-corrected chi connectivity index (χ1v) is 6.80. The van der Waals surface area contributed by atoms with E-state index in [-0.39, 0.29) is 0 Å². The number of benzene rings is 1. The van der Waals surface area contributed by atoms with Crippen LogP contribution in [-0.4, -0.2) is 29.3 Å². The van der Waals surface area contributed by atoms with E-state index in [0.717, 1.165) is 31.4 Å². The van der Waals surface area contributed by atoms with Crippen molar-refractivity contribution >= 4 is 11.9 Å². The second-order valence-electron chi connectivity index (χ2n) is 4.71. The molecule has 3 rings (SSSR count). The molecule has 0 fully saturated rings. The van der Waals surface area contributed by atoms with E-state index in [0.29, 0.717) is 17.2 Å². The van der Waals surface area contributed by atoms with Crippen molar-refractivity contribution in [3.63, 3.8) is 0 Å². The summed E-state index contributed by atoms with van der Waals surface area (Å²) in [5.41, 5.74) is 2.72. The number of aldehydes is 1. The molecule has 0 saturated heterocycles. The fourth-order valence-electron chi connectivity index (χ4n) is 2.21. The topological polar surface area (TPSA) is 64.1 Å². The van der Waals surface area contributed by atoms with Crippen molar-refractivity contribution in [2.24, 2.45) is 0 Å². The van der Waals surface area contributed by atoms with Gasteiger partial charge in [-0.05, 0) is 42.8 Å². The van der Waals surface area contributed by atoms with E-state index in [1.165, 1.54) is 11.9 Å². The molecule has 1 N–H and O–H groups in total. The highest BCUT2D eigenvalue weighted by Crippen LogP contribution is 2.29. The van der Waals surface area contributed by atoms with Crippen LogP contribution in [0, 0.1) is 0 Å². The van der Waals surface area contributed by atoms with Gasteiger partial charge in [-0.25, -0.2) is 9.97 Å². The van der Waals surface area contributed by atoms with Gasteiger partial charge in [0.1, 0.15) is 18.4 Å². The Labute approximate surface area is 122 Å². The first kappa shape index (κ1) is 13.5. The average molecular weight is 281 g/mol. The third-order valence-electron chi connectivity index (χ3n) is 3.32. The van der Waals surface area contributed by atoms with Crippen LogP contribution in [0.1, 0.15) is 22.3 Å². The van der Waals surface area contributed by atoms with E-state index in [1.807, 2.05) is 0 Å². The summed E-state index contributed by atoms with van der Waals surface area (Å²) in [6, 6.07) is 6.94. The lowest BCUT2D eigenvalue weighted by Crippen LogP contribution is -2.20. The summed E-state index contributed by atoms with van der Waals surface area (Å²) in [4.78, 5) is 19.0. The molecule has 0 atom stereocenters. The Morgan fingerprint density at radius 3 is 2.81 bits per heavy atom. The Hall–Kier alpha value is -2.53. The number of carbonyl (C=O) groups is 1. The maximum atomic E-state index is 10.7. The van der Waals surface area contributed by atoms with Crippen molar-refractivity contribution in [2.75, 3.05) is 13.1 Å². The van der Waals surface area contributed by atoms with E-state index >= 15 is 0 Å². The van der Waals surface area contributed by atoms with Crippen molar-refractivity contribution in [1.82, 2.24) is 15.3 Å².